The van der Waals surface area contributed by atoms with E-state index in [0.717, 1.165) is 0 Å². The van der Waals surface area contributed by atoms with Crippen molar-refractivity contribution in [1.29, 1.82) is 0 Å². The van der Waals surface area contributed by atoms with Gasteiger partial charge in [0.25, 0.3) is 0 Å². The Kier molecular flexibility index (Phi) is 5.12. The van der Waals surface area contributed by atoms with Crippen LogP contribution in [0.2, 0.25) is 5.28 Å². The van der Waals surface area contributed by atoms with Gasteiger partial charge in [0.2, 0.25) is 11.2 Å². The summed E-state index contributed by atoms with van der Waals surface area (Å²) in [5.41, 5.74) is 1.25. The number of hydrogen-bond donors (Lipinski definition) is 1. The van der Waals surface area contributed by atoms with E-state index in [1.165, 1.54) is 5.56 Å². The van der Waals surface area contributed by atoms with Gasteiger partial charge in [0.15, 0.2) is 0 Å². The van der Waals surface area contributed by atoms with Crippen molar-refractivity contribution < 1.29 is 4.74 Å². The summed E-state index contributed by atoms with van der Waals surface area (Å²) in [5.74, 6) is 0.763. The van der Waals surface area contributed by atoms with Crippen molar-refractivity contribution in [3.05, 3.63) is 41.2 Å². The molecule has 0 saturated heterocycles. The number of ether oxygens (including phenoxy) is 1. The molecular formula is C14H17ClN4O. The predicted molar refractivity (Wildman–Crippen MR) is 79.4 cm³/mol. The van der Waals surface area contributed by atoms with Crippen LogP contribution in [0.15, 0.2) is 30.3 Å². The van der Waals surface area contributed by atoms with Crippen LogP contribution in [0.5, 0.6) is 6.01 Å². The van der Waals surface area contributed by atoms with Crippen molar-refractivity contribution in [1.82, 2.24) is 15.0 Å². The summed E-state index contributed by atoms with van der Waals surface area (Å²) in [6.45, 7) is 5.19. The molecule has 0 radical (unpaired) electrons. The highest BCUT2D eigenvalue weighted by Crippen LogP contribution is 2.16. The fourth-order valence-electron chi connectivity index (χ4n) is 1.75. The van der Waals surface area contributed by atoms with Crippen LogP contribution in [0.4, 0.5) is 5.95 Å². The quantitative estimate of drug-likeness (QED) is 0.886. The van der Waals surface area contributed by atoms with Gasteiger partial charge >= 0.3 is 6.01 Å². The maximum Gasteiger partial charge on any atom is 0.322 e. The van der Waals surface area contributed by atoms with E-state index in [2.05, 4.69) is 39.3 Å². The molecule has 0 saturated carbocycles. The van der Waals surface area contributed by atoms with Crippen molar-refractivity contribution in [2.45, 2.75) is 19.8 Å². The molecule has 0 aliphatic rings. The summed E-state index contributed by atoms with van der Waals surface area (Å²) in [6, 6.07) is 10.5. The largest absolute Gasteiger partial charge is 0.464 e. The predicted octanol–water partition coefficient (Wildman–Crippen LogP) is 3.14. The first kappa shape index (κ1) is 14.5. The van der Waals surface area contributed by atoms with Crippen molar-refractivity contribution in [2.24, 2.45) is 0 Å². The summed E-state index contributed by atoms with van der Waals surface area (Å²) >= 11 is 5.84. The minimum absolute atomic E-state index is 0.123. The molecule has 0 fully saturated rings. The molecule has 1 aromatic carbocycles. The van der Waals surface area contributed by atoms with Gasteiger partial charge in [-0.2, -0.15) is 15.0 Å². The minimum Gasteiger partial charge on any atom is -0.464 e. The molecule has 1 heterocycles. The molecule has 0 spiro atoms. The third kappa shape index (κ3) is 4.06. The number of benzene rings is 1. The third-order valence-electron chi connectivity index (χ3n) is 2.80. The number of nitrogens with zero attached hydrogens (tertiary/aromatic N) is 3. The first-order chi connectivity index (χ1) is 9.69. The molecule has 1 aromatic heterocycles. The molecule has 20 heavy (non-hydrogen) atoms. The molecule has 0 amide bonds. The fourth-order valence-corrected chi connectivity index (χ4v) is 1.90. The SMILES string of the molecule is CCOc1nc(Cl)nc(NCC(C)c2ccccc2)n1. The van der Waals surface area contributed by atoms with Crippen LogP contribution in [0.1, 0.15) is 25.3 Å². The Labute approximate surface area is 123 Å². The van der Waals surface area contributed by atoms with Gasteiger partial charge in [-0.25, -0.2) is 0 Å². The van der Waals surface area contributed by atoms with Crippen LogP contribution in [0, 0.1) is 0 Å². The van der Waals surface area contributed by atoms with Crippen molar-refractivity contribution in [2.75, 3.05) is 18.5 Å². The molecule has 0 aliphatic heterocycles. The topological polar surface area (TPSA) is 59.9 Å². The highest BCUT2D eigenvalue weighted by atomic mass is 35.5. The molecule has 1 atom stereocenters. The maximum atomic E-state index is 5.84. The number of hydrogen-bond acceptors (Lipinski definition) is 5. The average molecular weight is 293 g/mol. The van der Waals surface area contributed by atoms with E-state index in [4.69, 9.17) is 16.3 Å². The smallest absolute Gasteiger partial charge is 0.322 e. The van der Waals surface area contributed by atoms with Gasteiger partial charge in [0.05, 0.1) is 6.61 Å². The number of halogens is 1. The van der Waals surface area contributed by atoms with Crippen LogP contribution < -0.4 is 10.1 Å². The monoisotopic (exact) mass is 292 g/mol. The Morgan fingerprint density at radius 2 is 1.95 bits per heavy atom. The van der Waals surface area contributed by atoms with E-state index >= 15 is 0 Å². The van der Waals surface area contributed by atoms with Crippen LogP contribution in [0.3, 0.4) is 0 Å². The maximum absolute atomic E-state index is 5.84. The standard InChI is InChI=1S/C14H17ClN4O/c1-3-20-14-18-12(15)17-13(19-14)16-9-10(2)11-7-5-4-6-8-11/h4-8,10H,3,9H2,1-2H3,(H,16,17,18,19). The van der Waals surface area contributed by atoms with Gasteiger partial charge in [-0.3, -0.25) is 0 Å². The Morgan fingerprint density at radius 3 is 2.65 bits per heavy atom. The number of rotatable bonds is 6. The fraction of sp³-hybridized carbons (Fsp3) is 0.357. The number of nitrogens with one attached hydrogen (secondary N) is 1. The Bertz CT molecular complexity index is 550. The molecule has 0 bridgehead atoms. The third-order valence-corrected chi connectivity index (χ3v) is 2.97. The zero-order valence-electron chi connectivity index (χ0n) is 11.5. The van der Waals surface area contributed by atoms with Gasteiger partial charge in [0.1, 0.15) is 0 Å². The second kappa shape index (κ2) is 7.05. The molecule has 1 unspecified atom stereocenters. The summed E-state index contributed by atoms with van der Waals surface area (Å²) in [7, 11) is 0. The highest BCUT2D eigenvalue weighted by molar-refractivity contribution is 6.28. The molecule has 1 N–H and O–H groups in total. The van der Waals surface area contributed by atoms with E-state index in [1.54, 1.807) is 0 Å². The van der Waals surface area contributed by atoms with Crippen LogP contribution in [0.25, 0.3) is 0 Å². The highest BCUT2D eigenvalue weighted by Gasteiger charge is 2.08. The van der Waals surface area contributed by atoms with Crippen LogP contribution >= 0.6 is 11.6 Å². The van der Waals surface area contributed by atoms with Crippen molar-refractivity contribution in [3.8, 4) is 6.01 Å². The number of aromatic nitrogens is 3. The van der Waals surface area contributed by atoms with Gasteiger partial charge in [-0.05, 0) is 30.0 Å². The van der Waals surface area contributed by atoms with Crippen LogP contribution in [-0.2, 0) is 0 Å². The van der Waals surface area contributed by atoms with E-state index in [1.807, 2.05) is 25.1 Å². The summed E-state index contributed by atoms with van der Waals surface area (Å²) in [5, 5.41) is 3.28. The molecular weight excluding hydrogens is 276 g/mol. The second-order valence-corrected chi connectivity index (χ2v) is 4.67. The normalized spacial score (nSPS) is 11.9. The summed E-state index contributed by atoms with van der Waals surface area (Å²) in [6.07, 6.45) is 0. The lowest BCUT2D eigenvalue weighted by Gasteiger charge is -2.13. The van der Waals surface area contributed by atoms with Gasteiger partial charge in [-0.1, -0.05) is 37.3 Å². The minimum atomic E-state index is 0.123. The number of anilines is 1. The molecule has 2 rings (SSSR count). The van der Waals surface area contributed by atoms with Gasteiger partial charge < -0.3 is 10.1 Å². The van der Waals surface area contributed by atoms with E-state index < -0.39 is 0 Å². The van der Waals surface area contributed by atoms with E-state index in [-0.39, 0.29) is 11.3 Å². The summed E-state index contributed by atoms with van der Waals surface area (Å²) in [4.78, 5) is 12.1. The first-order valence-corrected chi connectivity index (χ1v) is 6.90. The Balaban J connectivity index is 2.00. The Hall–Kier alpha value is -1.88. The lowest BCUT2D eigenvalue weighted by Crippen LogP contribution is -2.13. The molecule has 0 aliphatic carbocycles. The molecule has 2 aromatic rings. The summed E-state index contributed by atoms with van der Waals surface area (Å²) < 4.78 is 5.23. The lowest BCUT2D eigenvalue weighted by atomic mass is 10.0. The van der Waals surface area contributed by atoms with Gasteiger partial charge in [0, 0.05) is 6.54 Å². The lowest BCUT2D eigenvalue weighted by molar-refractivity contribution is 0.312. The first-order valence-electron chi connectivity index (χ1n) is 6.52. The van der Waals surface area contributed by atoms with E-state index in [0.29, 0.717) is 25.0 Å². The van der Waals surface area contributed by atoms with Gasteiger partial charge in [-0.15, -0.1) is 0 Å². The second-order valence-electron chi connectivity index (χ2n) is 4.34. The van der Waals surface area contributed by atoms with Crippen molar-refractivity contribution in [3.63, 3.8) is 0 Å². The van der Waals surface area contributed by atoms with Crippen LogP contribution in [-0.4, -0.2) is 28.1 Å². The molecule has 6 heteroatoms. The van der Waals surface area contributed by atoms with Crippen molar-refractivity contribution >= 4 is 17.5 Å². The zero-order chi connectivity index (χ0) is 14.4. The molecule has 5 nitrogen and oxygen atoms in total. The molecule has 106 valence electrons. The Morgan fingerprint density at radius 1 is 1.20 bits per heavy atom. The average Bonchev–Trinajstić information content (AvgIpc) is 2.45. The van der Waals surface area contributed by atoms with E-state index in [9.17, 15) is 0 Å². The zero-order valence-corrected chi connectivity index (χ0v) is 12.3.